The van der Waals surface area contributed by atoms with Crippen molar-refractivity contribution in [3.05, 3.63) is 57.4 Å². The first-order valence-corrected chi connectivity index (χ1v) is 9.28. The summed E-state index contributed by atoms with van der Waals surface area (Å²) >= 11 is 7.24. The minimum absolute atomic E-state index is 0.0914. The van der Waals surface area contributed by atoms with Crippen molar-refractivity contribution < 1.29 is 14.7 Å². The number of anilines is 1. The number of amides is 1. The Balaban J connectivity index is 1.78. The summed E-state index contributed by atoms with van der Waals surface area (Å²) in [4.78, 5) is 32.0. The first-order valence-electron chi connectivity index (χ1n) is 8.02. The number of pyridine rings is 1. The van der Waals surface area contributed by atoms with E-state index in [1.807, 2.05) is 6.92 Å². The van der Waals surface area contributed by atoms with Gasteiger partial charge in [-0.25, -0.2) is 14.8 Å². The molecule has 0 aliphatic carbocycles. The number of thiazole rings is 1. The van der Waals surface area contributed by atoms with Gasteiger partial charge in [-0.15, -0.1) is 11.3 Å². The highest BCUT2D eigenvalue weighted by Crippen LogP contribution is 2.31. The van der Waals surface area contributed by atoms with Gasteiger partial charge in [0.05, 0.1) is 28.0 Å². The zero-order valence-electron chi connectivity index (χ0n) is 14.4. The van der Waals surface area contributed by atoms with Crippen molar-refractivity contribution in [3.8, 4) is 11.1 Å². The van der Waals surface area contributed by atoms with E-state index in [2.05, 4.69) is 25.5 Å². The van der Waals surface area contributed by atoms with Gasteiger partial charge in [0.15, 0.2) is 0 Å². The maximum absolute atomic E-state index is 12.5. The molecule has 8 nitrogen and oxygen atoms in total. The number of benzene rings is 1. The van der Waals surface area contributed by atoms with Gasteiger partial charge in [0.25, 0.3) is 5.91 Å². The summed E-state index contributed by atoms with van der Waals surface area (Å²) in [7, 11) is 0. The van der Waals surface area contributed by atoms with E-state index >= 15 is 0 Å². The monoisotopic (exact) mass is 413 g/mol. The fourth-order valence-corrected chi connectivity index (χ4v) is 3.51. The van der Waals surface area contributed by atoms with Gasteiger partial charge >= 0.3 is 5.97 Å². The van der Waals surface area contributed by atoms with Crippen molar-refractivity contribution in [2.24, 2.45) is 0 Å². The van der Waals surface area contributed by atoms with Crippen molar-refractivity contribution in [2.45, 2.75) is 6.92 Å². The van der Waals surface area contributed by atoms with E-state index < -0.39 is 5.97 Å². The molecule has 3 N–H and O–H groups in total. The molecule has 4 rings (SSSR count). The van der Waals surface area contributed by atoms with Crippen molar-refractivity contribution >= 4 is 51.4 Å². The van der Waals surface area contributed by atoms with E-state index in [4.69, 9.17) is 11.6 Å². The molecule has 0 spiro atoms. The quantitative estimate of drug-likeness (QED) is 0.435. The third kappa shape index (κ3) is 3.32. The lowest BCUT2D eigenvalue weighted by Crippen LogP contribution is -2.12. The van der Waals surface area contributed by atoms with E-state index in [1.54, 1.807) is 23.7 Å². The predicted molar refractivity (Wildman–Crippen MR) is 106 cm³/mol. The summed E-state index contributed by atoms with van der Waals surface area (Å²) in [5.74, 6) is -1.51. The number of carbonyl (C=O) groups excluding carboxylic acids is 1. The maximum Gasteiger partial charge on any atom is 0.338 e. The van der Waals surface area contributed by atoms with E-state index in [1.165, 1.54) is 23.6 Å². The fraction of sp³-hybridized carbons (Fsp3) is 0.0556. The number of hydrogen-bond donors (Lipinski definition) is 3. The molecule has 3 aromatic heterocycles. The van der Waals surface area contributed by atoms with Crippen LogP contribution in [-0.2, 0) is 0 Å². The summed E-state index contributed by atoms with van der Waals surface area (Å²) < 4.78 is 0. The summed E-state index contributed by atoms with van der Waals surface area (Å²) in [5.41, 5.74) is 2.60. The molecule has 1 aromatic carbocycles. The number of aromatic amines is 1. The average Bonchev–Trinajstić information content (AvgIpc) is 3.30. The Morgan fingerprint density at radius 1 is 1.21 bits per heavy atom. The summed E-state index contributed by atoms with van der Waals surface area (Å²) in [6.45, 7) is 1.82. The molecule has 0 atom stereocenters. The highest BCUT2D eigenvalue weighted by Gasteiger charge is 2.16. The van der Waals surface area contributed by atoms with Gasteiger partial charge in [-0.2, -0.15) is 5.10 Å². The largest absolute Gasteiger partial charge is 0.478 e. The SMILES string of the molecule is Cc1nc(C(=O)Nc2cc(-c3cnc(Cl)c(C(=O)O)c3)cc3[nH]ncc23)cs1. The second-order valence-electron chi connectivity index (χ2n) is 5.93. The Kier molecular flexibility index (Phi) is 4.54. The Morgan fingerprint density at radius 3 is 2.75 bits per heavy atom. The number of carbonyl (C=O) groups is 2. The second-order valence-corrected chi connectivity index (χ2v) is 7.35. The summed E-state index contributed by atoms with van der Waals surface area (Å²) in [6, 6.07) is 4.96. The molecule has 0 radical (unpaired) electrons. The Labute approximate surface area is 167 Å². The minimum Gasteiger partial charge on any atom is -0.478 e. The Hall–Kier alpha value is -3.30. The van der Waals surface area contributed by atoms with Crippen molar-refractivity contribution in [1.29, 1.82) is 0 Å². The van der Waals surface area contributed by atoms with E-state index in [0.717, 1.165) is 5.01 Å². The van der Waals surface area contributed by atoms with Crippen LogP contribution in [0.4, 0.5) is 5.69 Å². The van der Waals surface area contributed by atoms with Crippen LogP contribution in [0.1, 0.15) is 25.9 Å². The molecule has 28 heavy (non-hydrogen) atoms. The zero-order chi connectivity index (χ0) is 19.8. The van der Waals surface area contributed by atoms with E-state index in [0.29, 0.717) is 33.4 Å². The molecule has 0 unspecified atom stereocenters. The maximum atomic E-state index is 12.5. The predicted octanol–water partition coefficient (Wildman–Crippen LogP) is 3.99. The van der Waals surface area contributed by atoms with Crippen molar-refractivity contribution in [2.75, 3.05) is 5.32 Å². The third-order valence-electron chi connectivity index (χ3n) is 4.06. The average molecular weight is 414 g/mol. The smallest absolute Gasteiger partial charge is 0.338 e. The van der Waals surface area contributed by atoms with Crippen LogP contribution in [0.2, 0.25) is 5.15 Å². The number of carboxylic acid groups (broad SMARTS) is 1. The van der Waals surface area contributed by atoms with Crippen LogP contribution in [0.15, 0.2) is 36.0 Å². The van der Waals surface area contributed by atoms with Crippen LogP contribution in [0, 0.1) is 6.92 Å². The number of carboxylic acids is 1. The molecular formula is C18H12ClN5O3S. The number of nitrogens with one attached hydrogen (secondary N) is 2. The molecule has 0 bridgehead atoms. The van der Waals surface area contributed by atoms with Crippen LogP contribution in [0.5, 0.6) is 0 Å². The van der Waals surface area contributed by atoms with Crippen LogP contribution in [0.25, 0.3) is 22.0 Å². The molecule has 0 saturated heterocycles. The second kappa shape index (κ2) is 7.02. The number of aromatic nitrogens is 4. The number of aromatic carboxylic acids is 1. The standard InChI is InChI=1S/C18H12ClN5O3S/c1-8-22-15(7-28-8)17(25)23-13-3-9(4-14-12(13)6-21-24-14)10-2-11(18(26)27)16(19)20-5-10/h2-7H,1H3,(H,21,24)(H,23,25)(H,26,27). The van der Waals surface area contributed by atoms with Gasteiger partial charge in [0.2, 0.25) is 0 Å². The van der Waals surface area contributed by atoms with Gasteiger partial charge in [-0.1, -0.05) is 11.6 Å². The number of hydrogen-bond acceptors (Lipinski definition) is 6. The van der Waals surface area contributed by atoms with Gasteiger partial charge in [-0.05, 0) is 30.7 Å². The number of H-pyrrole nitrogens is 1. The van der Waals surface area contributed by atoms with Gasteiger partial charge in [0.1, 0.15) is 10.8 Å². The van der Waals surface area contributed by atoms with Gasteiger partial charge in [-0.3, -0.25) is 9.89 Å². The number of halogens is 1. The highest BCUT2D eigenvalue weighted by molar-refractivity contribution is 7.09. The molecule has 3 heterocycles. The topological polar surface area (TPSA) is 121 Å². The van der Waals surface area contributed by atoms with Crippen molar-refractivity contribution in [3.63, 3.8) is 0 Å². The van der Waals surface area contributed by atoms with Gasteiger partial charge < -0.3 is 10.4 Å². The molecule has 140 valence electrons. The van der Waals surface area contributed by atoms with Gasteiger partial charge in [0, 0.05) is 22.5 Å². The lowest BCUT2D eigenvalue weighted by atomic mass is 10.0. The minimum atomic E-state index is -1.17. The molecule has 0 fully saturated rings. The lowest BCUT2D eigenvalue weighted by molar-refractivity contribution is 0.0696. The van der Waals surface area contributed by atoms with Crippen LogP contribution in [-0.4, -0.2) is 37.1 Å². The molecule has 0 aliphatic heterocycles. The first kappa shape index (κ1) is 18.1. The zero-order valence-corrected chi connectivity index (χ0v) is 15.9. The van der Waals surface area contributed by atoms with E-state index in [-0.39, 0.29) is 16.6 Å². The lowest BCUT2D eigenvalue weighted by Gasteiger charge is -2.09. The van der Waals surface area contributed by atoms with Crippen LogP contribution in [0.3, 0.4) is 0 Å². The molecule has 1 amide bonds. The molecule has 4 aromatic rings. The highest BCUT2D eigenvalue weighted by atomic mass is 35.5. The molecular weight excluding hydrogens is 402 g/mol. The van der Waals surface area contributed by atoms with Crippen LogP contribution < -0.4 is 5.32 Å². The number of fused-ring (bicyclic) bond motifs is 1. The molecule has 0 saturated carbocycles. The molecule has 10 heteroatoms. The summed E-state index contributed by atoms with van der Waals surface area (Å²) in [5, 5.41) is 22.1. The Morgan fingerprint density at radius 2 is 2.04 bits per heavy atom. The summed E-state index contributed by atoms with van der Waals surface area (Å²) in [6.07, 6.45) is 3.07. The van der Waals surface area contributed by atoms with Crippen molar-refractivity contribution in [1.82, 2.24) is 20.2 Å². The number of nitrogens with zero attached hydrogens (tertiary/aromatic N) is 3. The number of aryl methyl sites for hydroxylation is 1. The Bertz CT molecular complexity index is 1230. The normalized spacial score (nSPS) is 10.9. The number of rotatable bonds is 4. The first-order chi connectivity index (χ1) is 13.4. The third-order valence-corrected chi connectivity index (χ3v) is 5.14. The van der Waals surface area contributed by atoms with E-state index in [9.17, 15) is 14.7 Å². The fourth-order valence-electron chi connectivity index (χ4n) is 2.73. The molecule has 0 aliphatic rings. The van der Waals surface area contributed by atoms with Crippen LogP contribution >= 0.6 is 22.9 Å².